The average Bonchev–Trinajstić information content (AvgIpc) is 2.84. The molecule has 0 bridgehead atoms. The fraction of sp³-hybridized carbons (Fsp3) is 0.467. The van der Waals surface area contributed by atoms with E-state index in [2.05, 4.69) is 15.0 Å². The standard InChI is InChI=1S/C15H17F2N3O/c1-10-18-15(19-21-10)12-3-2-4-20(9-12)8-11-5-13(16)7-14(17)6-11/h5-7,12H,2-4,8-9H2,1H3. The lowest BCUT2D eigenvalue weighted by Crippen LogP contribution is -2.34. The van der Waals surface area contributed by atoms with E-state index >= 15 is 0 Å². The predicted octanol–water partition coefficient (Wildman–Crippen LogP) is 3.04. The number of likely N-dealkylation sites (tertiary alicyclic amines) is 1. The van der Waals surface area contributed by atoms with Gasteiger partial charge in [-0.15, -0.1) is 0 Å². The first-order valence-electron chi connectivity index (χ1n) is 7.07. The molecule has 0 saturated carbocycles. The first kappa shape index (κ1) is 14.1. The van der Waals surface area contributed by atoms with Gasteiger partial charge in [-0.25, -0.2) is 8.78 Å². The second kappa shape index (κ2) is 5.89. The lowest BCUT2D eigenvalue weighted by atomic mass is 9.97. The van der Waals surface area contributed by atoms with Gasteiger partial charge in [0.05, 0.1) is 0 Å². The number of aromatic nitrogens is 2. The molecule has 1 aromatic heterocycles. The third-order valence-electron chi connectivity index (χ3n) is 3.74. The molecular weight excluding hydrogens is 276 g/mol. The Morgan fingerprint density at radius 2 is 2.05 bits per heavy atom. The van der Waals surface area contributed by atoms with Crippen molar-refractivity contribution in [2.24, 2.45) is 0 Å². The van der Waals surface area contributed by atoms with Crippen molar-refractivity contribution in [3.63, 3.8) is 0 Å². The highest BCUT2D eigenvalue weighted by molar-refractivity contribution is 5.18. The van der Waals surface area contributed by atoms with Gasteiger partial charge in [0.2, 0.25) is 5.89 Å². The van der Waals surface area contributed by atoms with Gasteiger partial charge in [-0.05, 0) is 37.1 Å². The Morgan fingerprint density at radius 3 is 2.71 bits per heavy atom. The van der Waals surface area contributed by atoms with E-state index in [1.165, 1.54) is 12.1 Å². The molecule has 1 aliphatic rings. The summed E-state index contributed by atoms with van der Waals surface area (Å²) in [6.45, 7) is 3.98. The summed E-state index contributed by atoms with van der Waals surface area (Å²) in [6.07, 6.45) is 2.02. The Morgan fingerprint density at radius 1 is 1.29 bits per heavy atom. The van der Waals surface area contributed by atoms with Gasteiger partial charge in [-0.3, -0.25) is 4.90 Å². The Bertz CT molecular complexity index is 609. The van der Waals surface area contributed by atoms with Crippen molar-refractivity contribution in [1.82, 2.24) is 15.0 Å². The summed E-state index contributed by atoms with van der Waals surface area (Å²) in [7, 11) is 0. The molecule has 1 aliphatic heterocycles. The van der Waals surface area contributed by atoms with Crippen LogP contribution in [0.4, 0.5) is 8.78 Å². The van der Waals surface area contributed by atoms with Crippen molar-refractivity contribution < 1.29 is 13.3 Å². The van der Waals surface area contributed by atoms with Crippen LogP contribution in [0.1, 0.15) is 36.0 Å². The lowest BCUT2D eigenvalue weighted by Gasteiger charge is -2.31. The predicted molar refractivity (Wildman–Crippen MR) is 72.6 cm³/mol. The number of rotatable bonds is 3. The van der Waals surface area contributed by atoms with Crippen LogP contribution in [0, 0.1) is 18.6 Å². The van der Waals surface area contributed by atoms with Crippen molar-refractivity contribution in [2.45, 2.75) is 32.2 Å². The Kier molecular flexibility index (Phi) is 3.96. The van der Waals surface area contributed by atoms with E-state index in [9.17, 15) is 8.78 Å². The van der Waals surface area contributed by atoms with E-state index < -0.39 is 11.6 Å². The zero-order valence-corrected chi connectivity index (χ0v) is 11.9. The quantitative estimate of drug-likeness (QED) is 0.872. The molecule has 1 fully saturated rings. The topological polar surface area (TPSA) is 42.2 Å². The summed E-state index contributed by atoms with van der Waals surface area (Å²) in [5, 5.41) is 3.98. The van der Waals surface area contributed by atoms with Crippen LogP contribution in [0.3, 0.4) is 0 Å². The van der Waals surface area contributed by atoms with Crippen LogP contribution in [-0.2, 0) is 6.54 Å². The summed E-state index contributed by atoms with van der Waals surface area (Å²) in [6, 6.07) is 3.65. The molecule has 4 nitrogen and oxygen atoms in total. The molecule has 0 radical (unpaired) electrons. The molecule has 2 heterocycles. The maximum Gasteiger partial charge on any atom is 0.223 e. The zero-order chi connectivity index (χ0) is 14.8. The van der Waals surface area contributed by atoms with Crippen LogP contribution >= 0.6 is 0 Å². The maximum absolute atomic E-state index is 13.2. The highest BCUT2D eigenvalue weighted by Gasteiger charge is 2.25. The molecule has 0 amide bonds. The molecule has 1 saturated heterocycles. The number of hydrogen-bond donors (Lipinski definition) is 0. The van der Waals surface area contributed by atoms with Crippen molar-refractivity contribution in [3.05, 3.63) is 47.1 Å². The summed E-state index contributed by atoms with van der Waals surface area (Å²) in [5.41, 5.74) is 0.650. The van der Waals surface area contributed by atoms with Gasteiger partial charge in [0.15, 0.2) is 5.82 Å². The molecule has 1 atom stereocenters. The van der Waals surface area contributed by atoms with Gasteiger partial charge in [0, 0.05) is 32.0 Å². The fourth-order valence-corrected chi connectivity index (χ4v) is 2.85. The molecule has 0 N–H and O–H groups in total. The number of piperidine rings is 1. The Labute approximate surface area is 121 Å². The number of halogens is 2. The van der Waals surface area contributed by atoms with Crippen LogP contribution in [0.5, 0.6) is 0 Å². The first-order chi connectivity index (χ1) is 10.1. The van der Waals surface area contributed by atoms with Crippen LogP contribution in [0.15, 0.2) is 22.7 Å². The smallest absolute Gasteiger partial charge is 0.223 e. The van der Waals surface area contributed by atoms with Crippen LogP contribution in [0.2, 0.25) is 0 Å². The SMILES string of the molecule is Cc1nc(C2CCCN(Cc3cc(F)cc(F)c3)C2)no1. The summed E-state index contributed by atoms with van der Waals surface area (Å²) in [4.78, 5) is 6.45. The molecule has 0 aliphatic carbocycles. The number of aryl methyl sites for hydroxylation is 1. The van der Waals surface area contributed by atoms with Crippen LogP contribution in [-0.4, -0.2) is 28.1 Å². The van der Waals surface area contributed by atoms with E-state index in [4.69, 9.17) is 4.52 Å². The first-order valence-corrected chi connectivity index (χ1v) is 7.07. The zero-order valence-electron chi connectivity index (χ0n) is 11.9. The fourth-order valence-electron chi connectivity index (χ4n) is 2.85. The molecule has 1 aromatic carbocycles. The monoisotopic (exact) mass is 293 g/mol. The summed E-state index contributed by atoms with van der Waals surface area (Å²) >= 11 is 0. The summed E-state index contributed by atoms with van der Waals surface area (Å²) < 4.78 is 31.5. The summed E-state index contributed by atoms with van der Waals surface area (Å²) in [5.74, 6) is 0.436. The number of benzene rings is 1. The van der Waals surface area contributed by atoms with Gasteiger partial charge in [-0.1, -0.05) is 5.16 Å². The van der Waals surface area contributed by atoms with Gasteiger partial charge in [0.1, 0.15) is 11.6 Å². The largest absolute Gasteiger partial charge is 0.340 e. The van der Waals surface area contributed by atoms with E-state index in [0.29, 0.717) is 18.0 Å². The third kappa shape index (κ3) is 3.44. The minimum atomic E-state index is -0.535. The molecule has 6 heteroatoms. The van der Waals surface area contributed by atoms with E-state index in [1.54, 1.807) is 6.92 Å². The van der Waals surface area contributed by atoms with Crippen molar-refractivity contribution >= 4 is 0 Å². The molecular formula is C15H17F2N3O. The van der Waals surface area contributed by atoms with Gasteiger partial charge >= 0.3 is 0 Å². The van der Waals surface area contributed by atoms with Gasteiger partial charge < -0.3 is 4.52 Å². The Hall–Kier alpha value is -1.82. The second-order valence-corrected chi connectivity index (χ2v) is 5.52. The third-order valence-corrected chi connectivity index (χ3v) is 3.74. The second-order valence-electron chi connectivity index (χ2n) is 5.52. The normalized spacial score (nSPS) is 19.9. The van der Waals surface area contributed by atoms with Crippen LogP contribution in [0.25, 0.3) is 0 Å². The number of nitrogens with zero attached hydrogens (tertiary/aromatic N) is 3. The van der Waals surface area contributed by atoms with Gasteiger partial charge in [0.25, 0.3) is 0 Å². The highest BCUT2D eigenvalue weighted by atomic mass is 19.1. The molecule has 0 spiro atoms. The van der Waals surface area contributed by atoms with E-state index in [0.717, 1.165) is 37.8 Å². The molecule has 112 valence electrons. The van der Waals surface area contributed by atoms with Crippen LogP contribution < -0.4 is 0 Å². The number of hydrogen-bond acceptors (Lipinski definition) is 4. The minimum absolute atomic E-state index is 0.217. The van der Waals surface area contributed by atoms with Crippen molar-refractivity contribution in [2.75, 3.05) is 13.1 Å². The maximum atomic E-state index is 13.2. The van der Waals surface area contributed by atoms with E-state index in [1.807, 2.05) is 0 Å². The van der Waals surface area contributed by atoms with Gasteiger partial charge in [-0.2, -0.15) is 4.98 Å². The molecule has 1 unspecified atom stereocenters. The molecule has 3 rings (SSSR count). The van der Waals surface area contributed by atoms with Crippen molar-refractivity contribution in [1.29, 1.82) is 0 Å². The minimum Gasteiger partial charge on any atom is -0.340 e. The van der Waals surface area contributed by atoms with E-state index in [-0.39, 0.29) is 5.92 Å². The average molecular weight is 293 g/mol. The van der Waals surface area contributed by atoms with Crippen molar-refractivity contribution in [3.8, 4) is 0 Å². The Balaban J connectivity index is 1.68. The molecule has 2 aromatic rings. The lowest BCUT2D eigenvalue weighted by molar-refractivity contribution is 0.194. The molecule has 21 heavy (non-hydrogen) atoms. The highest BCUT2D eigenvalue weighted by Crippen LogP contribution is 2.26.